The van der Waals surface area contributed by atoms with Gasteiger partial charge in [0.05, 0.1) is 0 Å². The van der Waals surface area contributed by atoms with Crippen molar-refractivity contribution in [3.8, 4) is 0 Å². The summed E-state index contributed by atoms with van der Waals surface area (Å²) in [4.78, 5) is 7.73. The van der Waals surface area contributed by atoms with E-state index >= 15 is 0 Å². The fourth-order valence-electron chi connectivity index (χ4n) is 2.32. The van der Waals surface area contributed by atoms with E-state index in [0.29, 0.717) is 5.92 Å². The van der Waals surface area contributed by atoms with Gasteiger partial charge in [0.2, 0.25) is 0 Å². The molecule has 0 amide bonds. The molecule has 78 valence electrons. The van der Waals surface area contributed by atoms with Gasteiger partial charge in [-0.3, -0.25) is 0 Å². The fraction of sp³-hybridized carbons (Fsp3) is 0.417. The van der Waals surface area contributed by atoms with Crippen LogP contribution in [0.3, 0.4) is 0 Å². The van der Waals surface area contributed by atoms with Crippen LogP contribution in [0.25, 0.3) is 11.0 Å². The van der Waals surface area contributed by atoms with Crippen LogP contribution in [0.4, 0.5) is 0 Å². The molecule has 0 unspecified atom stereocenters. The summed E-state index contributed by atoms with van der Waals surface area (Å²) in [6.07, 6.45) is 4.38. The Bertz CT molecular complexity index is 422. The third kappa shape index (κ3) is 1.63. The van der Waals surface area contributed by atoms with Gasteiger partial charge in [0.1, 0.15) is 5.65 Å². The zero-order chi connectivity index (χ0) is 10.1. The first-order valence-corrected chi connectivity index (χ1v) is 5.58. The Kier molecular flexibility index (Phi) is 2.18. The topological polar surface area (TPSA) is 40.7 Å². The van der Waals surface area contributed by atoms with Gasteiger partial charge in [-0.2, -0.15) is 0 Å². The second-order valence-corrected chi connectivity index (χ2v) is 4.21. The fourth-order valence-corrected chi connectivity index (χ4v) is 2.32. The Hall–Kier alpha value is -1.35. The van der Waals surface area contributed by atoms with Gasteiger partial charge in [-0.25, -0.2) is 4.98 Å². The first kappa shape index (κ1) is 8.92. The highest BCUT2D eigenvalue weighted by molar-refractivity contribution is 5.76. The third-order valence-corrected chi connectivity index (χ3v) is 3.15. The van der Waals surface area contributed by atoms with Crippen molar-refractivity contribution in [3.05, 3.63) is 30.1 Å². The maximum absolute atomic E-state index is 4.32. The Morgan fingerprint density at radius 1 is 1.40 bits per heavy atom. The van der Waals surface area contributed by atoms with Crippen molar-refractivity contribution < 1.29 is 0 Å². The van der Waals surface area contributed by atoms with Crippen molar-refractivity contribution in [1.29, 1.82) is 0 Å². The molecule has 2 aromatic heterocycles. The van der Waals surface area contributed by atoms with Crippen LogP contribution in [0.5, 0.6) is 0 Å². The molecule has 0 aromatic carbocycles. The Morgan fingerprint density at radius 2 is 2.40 bits per heavy atom. The number of fused-ring (bicyclic) bond motifs is 1. The number of H-pyrrole nitrogens is 1. The summed E-state index contributed by atoms with van der Waals surface area (Å²) in [5, 5.41) is 4.66. The first-order valence-electron chi connectivity index (χ1n) is 5.58. The maximum atomic E-state index is 4.32. The van der Waals surface area contributed by atoms with E-state index in [4.69, 9.17) is 0 Å². The lowest BCUT2D eigenvalue weighted by atomic mass is 9.96. The molecular formula is C12H15N3. The van der Waals surface area contributed by atoms with Gasteiger partial charge in [0.25, 0.3) is 0 Å². The summed E-state index contributed by atoms with van der Waals surface area (Å²) < 4.78 is 0. The van der Waals surface area contributed by atoms with Crippen molar-refractivity contribution in [2.24, 2.45) is 0 Å². The number of aromatic nitrogens is 2. The van der Waals surface area contributed by atoms with Crippen LogP contribution in [0, 0.1) is 0 Å². The molecule has 1 fully saturated rings. The predicted octanol–water partition coefficient (Wildman–Crippen LogP) is 2.03. The standard InChI is InChI=1S/C12H15N3/c1-4-10(8-13-5-1)11-7-9-3-2-6-14-12(9)15-11/h2-3,6-7,10,13H,1,4-5,8H2,(H,14,15)/t10-/m0/s1. The highest BCUT2D eigenvalue weighted by Gasteiger charge is 2.16. The Labute approximate surface area is 88.9 Å². The van der Waals surface area contributed by atoms with Crippen LogP contribution in [0.1, 0.15) is 24.5 Å². The number of nitrogens with zero attached hydrogens (tertiary/aromatic N) is 1. The lowest BCUT2D eigenvalue weighted by Gasteiger charge is -2.21. The molecule has 1 saturated heterocycles. The predicted molar refractivity (Wildman–Crippen MR) is 60.9 cm³/mol. The highest BCUT2D eigenvalue weighted by Crippen LogP contribution is 2.25. The van der Waals surface area contributed by atoms with Gasteiger partial charge in [-0.15, -0.1) is 0 Å². The summed E-state index contributed by atoms with van der Waals surface area (Å²) in [5.74, 6) is 0.632. The quantitative estimate of drug-likeness (QED) is 0.741. The molecule has 0 bridgehead atoms. The molecule has 1 atom stereocenters. The average Bonchev–Trinajstić information content (AvgIpc) is 2.74. The van der Waals surface area contributed by atoms with Crippen LogP contribution in [-0.2, 0) is 0 Å². The largest absolute Gasteiger partial charge is 0.343 e. The van der Waals surface area contributed by atoms with Gasteiger partial charge < -0.3 is 10.3 Å². The summed E-state index contributed by atoms with van der Waals surface area (Å²) in [6, 6.07) is 6.33. The van der Waals surface area contributed by atoms with E-state index in [9.17, 15) is 0 Å². The summed E-state index contributed by atoms with van der Waals surface area (Å²) >= 11 is 0. The SMILES string of the molecule is c1cnc2[nH]c([C@H]3CCCNC3)cc2c1. The number of hydrogen-bond donors (Lipinski definition) is 2. The molecule has 0 aliphatic carbocycles. The molecule has 15 heavy (non-hydrogen) atoms. The number of rotatable bonds is 1. The number of aromatic amines is 1. The molecule has 3 rings (SSSR count). The van der Waals surface area contributed by atoms with Crippen molar-refractivity contribution in [2.75, 3.05) is 13.1 Å². The molecule has 0 spiro atoms. The lowest BCUT2D eigenvalue weighted by Crippen LogP contribution is -2.28. The first-order chi connectivity index (χ1) is 7.43. The molecule has 0 saturated carbocycles. The summed E-state index contributed by atoms with van der Waals surface area (Å²) in [6.45, 7) is 2.25. The molecule has 0 radical (unpaired) electrons. The monoisotopic (exact) mass is 201 g/mol. The third-order valence-electron chi connectivity index (χ3n) is 3.15. The minimum atomic E-state index is 0.632. The number of pyridine rings is 1. The van der Waals surface area contributed by atoms with Crippen LogP contribution < -0.4 is 5.32 Å². The van der Waals surface area contributed by atoms with E-state index in [0.717, 1.165) is 18.7 Å². The van der Waals surface area contributed by atoms with Crippen molar-refractivity contribution in [3.63, 3.8) is 0 Å². The van der Waals surface area contributed by atoms with Gasteiger partial charge in [0.15, 0.2) is 0 Å². The summed E-state index contributed by atoms with van der Waals surface area (Å²) in [7, 11) is 0. The van der Waals surface area contributed by atoms with E-state index < -0.39 is 0 Å². The smallest absolute Gasteiger partial charge is 0.137 e. The molecule has 3 nitrogen and oxygen atoms in total. The van der Waals surface area contributed by atoms with Gasteiger partial charge in [-0.05, 0) is 37.6 Å². The second kappa shape index (κ2) is 3.66. The van der Waals surface area contributed by atoms with Crippen LogP contribution >= 0.6 is 0 Å². The van der Waals surface area contributed by atoms with Crippen LogP contribution in [-0.4, -0.2) is 23.1 Å². The molecule has 1 aliphatic heterocycles. The van der Waals surface area contributed by atoms with Gasteiger partial charge in [0, 0.05) is 29.7 Å². The highest BCUT2D eigenvalue weighted by atomic mass is 14.9. The normalized spacial score (nSPS) is 22.0. The van der Waals surface area contributed by atoms with Crippen LogP contribution in [0.2, 0.25) is 0 Å². The molecule has 2 N–H and O–H groups in total. The van der Waals surface area contributed by atoms with Gasteiger partial charge >= 0.3 is 0 Å². The number of piperidine rings is 1. The lowest BCUT2D eigenvalue weighted by molar-refractivity contribution is 0.456. The second-order valence-electron chi connectivity index (χ2n) is 4.21. The van der Waals surface area contributed by atoms with E-state index in [1.165, 1.54) is 23.9 Å². The number of hydrogen-bond acceptors (Lipinski definition) is 2. The number of nitrogens with one attached hydrogen (secondary N) is 2. The van der Waals surface area contributed by atoms with Crippen molar-refractivity contribution >= 4 is 11.0 Å². The van der Waals surface area contributed by atoms with Crippen molar-refractivity contribution in [1.82, 2.24) is 15.3 Å². The molecule has 3 heterocycles. The Morgan fingerprint density at radius 3 is 3.20 bits per heavy atom. The zero-order valence-electron chi connectivity index (χ0n) is 8.66. The van der Waals surface area contributed by atoms with E-state index in [2.05, 4.69) is 27.4 Å². The molecular weight excluding hydrogens is 186 g/mol. The average molecular weight is 201 g/mol. The van der Waals surface area contributed by atoms with Crippen molar-refractivity contribution in [2.45, 2.75) is 18.8 Å². The molecule has 2 aromatic rings. The van der Waals surface area contributed by atoms with E-state index in [1.807, 2.05) is 12.3 Å². The minimum absolute atomic E-state index is 0.632. The zero-order valence-corrected chi connectivity index (χ0v) is 8.66. The minimum Gasteiger partial charge on any atom is -0.343 e. The van der Waals surface area contributed by atoms with Gasteiger partial charge in [-0.1, -0.05) is 0 Å². The van der Waals surface area contributed by atoms with E-state index in [1.54, 1.807) is 0 Å². The van der Waals surface area contributed by atoms with Crippen LogP contribution in [0.15, 0.2) is 24.4 Å². The summed E-state index contributed by atoms with van der Waals surface area (Å²) in [5.41, 5.74) is 2.34. The molecule has 3 heteroatoms. The Balaban J connectivity index is 1.96. The van der Waals surface area contributed by atoms with E-state index in [-0.39, 0.29) is 0 Å². The maximum Gasteiger partial charge on any atom is 0.137 e. The molecule has 1 aliphatic rings.